The molecule has 0 saturated carbocycles. The number of aliphatic imine (C=N–C) groups is 1. The first-order valence-electron chi connectivity index (χ1n) is 7.93. The molecule has 2 aliphatic heterocycles. The third-order valence-corrected chi connectivity index (χ3v) is 4.67. The number of fused-ring (bicyclic) bond motifs is 2. The second-order valence-electron chi connectivity index (χ2n) is 6.87. The number of amides is 1. The number of H-pyrrole nitrogens is 1. The summed E-state index contributed by atoms with van der Waals surface area (Å²) >= 11 is 0. The molecule has 0 fully saturated rings. The van der Waals surface area contributed by atoms with Gasteiger partial charge in [-0.1, -0.05) is 0 Å². The van der Waals surface area contributed by atoms with Crippen molar-refractivity contribution in [3.63, 3.8) is 0 Å². The Balaban J connectivity index is 1.91. The Labute approximate surface area is 140 Å². The minimum Gasteiger partial charge on any atom is -0.386 e. The predicted octanol–water partition coefficient (Wildman–Crippen LogP) is 2.59. The number of dihydropyridines is 1. The summed E-state index contributed by atoms with van der Waals surface area (Å²) in [5.41, 5.74) is 3.78. The lowest BCUT2D eigenvalue weighted by Gasteiger charge is -2.22. The number of aliphatic hydroxyl groups is 1. The van der Waals surface area contributed by atoms with Crippen LogP contribution in [0.25, 0.3) is 16.5 Å². The highest BCUT2D eigenvalue weighted by Crippen LogP contribution is 2.39. The first-order chi connectivity index (χ1) is 11.4. The van der Waals surface area contributed by atoms with Crippen LogP contribution in [0.4, 0.5) is 0 Å². The van der Waals surface area contributed by atoms with Gasteiger partial charge in [-0.3, -0.25) is 4.79 Å². The Morgan fingerprint density at radius 1 is 1.33 bits per heavy atom. The van der Waals surface area contributed by atoms with Crippen molar-refractivity contribution in [3.05, 3.63) is 53.4 Å². The number of benzene rings is 1. The van der Waals surface area contributed by atoms with Crippen LogP contribution in [0.1, 0.15) is 25.0 Å². The van der Waals surface area contributed by atoms with Crippen molar-refractivity contribution in [2.75, 3.05) is 7.05 Å². The predicted molar refractivity (Wildman–Crippen MR) is 94.7 cm³/mol. The Kier molecular flexibility index (Phi) is 3.05. The fourth-order valence-electron chi connectivity index (χ4n) is 3.54. The van der Waals surface area contributed by atoms with E-state index in [4.69, 9.17) is 0 Å². The number of carbonyl (C=O) groups excluding carboxylic acids is 1. The van der Waals surface area contributed by atoms with Crippen molar-refractivity contribution >= 4 is 28.6 Å². The fraction of sp³-hybridized carbons (Fsp3) is 0.263. The van der Waals surface area contributed by atoms with E-state index in [0.29, 0.717) is 0 Å². The zero-order valence-electron chi connectivity index (χ0n) is 13.9. The minimum atomic E-state index is -0.959. The van der Waals surface area contributed by atoms with Gasteiger partial charge in [0.05, 0.1) is 5.60 Å². The summed E-state index contributed by atoms with van der Waals surface area (Å²) in [7, 11) is 1.88. The van der Waals surface area contributed by atoms with Gasteiger partial charge in [-0.2, -0.15) is 0 Å². The number of nitrogens with one attached hydrogen (secondary N) is 1. The first kappa shape index (κ1) is 14.9. The molecule has 1 amide bonds. The summed E-state index contributed by atoms with van der Waals surface area (Å²) < 4.78 is 0. The number of nitrogens with zero attached hydrogens (tertiary/aromatic N) is 2. The van der Waals surface area contributed by atoms with Gasteiger partial charge in [0.1, 0.15) is 6.04 Å². The highest BCUT2D eigenvalue weighted by molar-refractivity contribution is 6.06. The molecule has 0 saturated heterocycles. The molecular formula is C19H19N3O2. The molecule has 0 bridgehead atoms. The Morgan fingerprint density at radius 3 is 2.88 bits per heavy atom. The van der Waals surface area contributed by atoms with E-state index in [1.165, 1.54) is 0 Å². The Morgan fingerprint density at radius 2 is 2.12 bits per heavy atom. The molecule has 1 aromatic carbocycles. The average Bonchev–Trinajstić information content (AvgIpc) is 3.10. The highest BCUT2D eigenvalue weighted by atomic mass is 16.3. The van der Waals surface area contributed by atoms with Crippen molar-refractivity contribution in [2.45, 2.75) is 25.5 Å². The first-order valence-corrected chi connectivity index (χ1v) is 7.93. The zero-order chi connectivity index (χ0) is 17.1. The maximum Gasteiger partial charge on any atom is 0.272 e. The fourth-order valence-corrected chi connectivity index (χ4v) is 3.54. The van der Waals surface area contributed by atoms with Crippen LogP contribution in [0.3, 0.4) is 0 Å². The van der Waals surface area contributed by atoms with Gasteiger partial charge in [0, 0.05) is 42.1 Å². The molecule has 1 aromatic heterocycles. The molecule has 24 heavy (non-hydrogen) atoms. The maximum atomic E-state index is 12.1. The molecule has 2 aliphatic rings. The second kappa shape index (κ2) is 4.92. The number of hydrogen-bond donors (Lipinski definition) is 2. The number of likely N-dealkylation sites (N-methyl/N-ethyl adjacent to an activating group) is 1. The summed E-state index contributed by atoms with van der Waals surface area (Å²) in [6.07, 6.45) is 7.30. The molecule has 1 atom stereocenters. The lowest BCUT2D eigenvalue weighted by atomic mass is 9.88. The summed E-state index contributed by atoms with van der Waals surface area (Å²) in [5, 5.41) is 11.6. The topological polar surface area (TPSA) is 68.7 Å². The molecule has 0 radical (unpaired) electrons. The normalized spacial score (nSPS) is 20.4. The smallest absolute Gasteiger partial charge is 0.272 e. The molecule has 1 unspecified atom stereocenters. The number of hydrogen-bond acceptors (Lipinski definition) is 3. The van der Waals surface area contributed by atoms with Gasteiger partial charge in [-0.25, -0.2) is 4.99 Å². The van der Waals surface area contributed by atoms with Crippen LogP contribution < -0.4 is 0 Å². The number of carbonyl (C=O) groups is 1. The van der Waals surface area contributed by atoms with E-state index in [-0.39, 0.29) is 11.9 Å². The summed E-state index contributed by atoms with van der Waals surface area (Å²) in [4.78, 5) is 21.1. The van der Waals surface area contributed by atoms with E-state index in [2.05, 4.69) is 16.0 Å². The van der Waals surface area contributed by atoms with E-state index >= 15 is 0 Å². The van der Waals surface area contributed by atoms with E-state index in [9.17, 15) is 9.90 Å². The lowest BCUT2D eigenvalue weighted by Crippen LogP contribution is -2.33. The molecule has 2 N–H and O–H groups in total. The lowest BCUT2D eigenvalue weighted by molar-refractivity contribution is -0.120. The Hall–Kier alpha value is -2.66. The molecule has 3 heterocycles. The van der Waals surface area contributed by atoms with Crippen LogP contribution in [0.5, 0.6) is 0 Å². The van der Waals surface area contributed by atoms with Gasteiger partial charge in [-0.05, 0) is 54.8 Å². The van der Waals surface area contributed by atoms with Gasteiger partial charge in [-0.15, -0.1) is 0 Å². The van der Waals surface area contributed by atoms with Crippen LogP contribution in [0.2, 0.25) is 0 Å². The third-order valence-electron chi connectivity index (χ3n) is 4.67. The standard InChI is InChI=1S/C19H19N3O2/c1-19(2,24)15-8-11(9-16-13(15)5-6-20-16)14-10-22(3)17-12(14)4-7-21-18(17)23/h4-10,17,20,24H,1-3H3. The van der Waals surface area contributed by atoms with E-state index in [0.717, 1.165) is 33.2 Å². The van der Waals surface area contributed by atoms with Gasteiger partial charge < -0.3 is 15.0 Å². The van der Waals surface area contributed by atoms with Gasteiger partial charge in [0.15, 0.2) is 0 Å². The van der Waals surface area contributed by atoms with Crippen LogP contribution >= 0.6 is 0 Å². The van der Waals surface area contributed by atoms with Crippen LogP contribution in [0.15, 0.2) is 47.2 Å². The van der Waals surface area contributed by atoms with E-state index in [1.807, 2.05) is 42.6 Å². The van der Waals surface area contributed by atoms with Crippen LogP contribution in [-0.2, 0) is 10.4 Å². The van der Waals surface area contributed by atoms with Crippen molar-refractivity contribution in [3.8, 4) is 0 Å². The Bertz CT molecular complexity index is 941. The number of aromatic nitrogens is 1. The molecule has 122 valence electrons. The van der Waals surface area contributed by atoms with Gasteiger partial charge in [0.2, 0.25) is 0 Å². The van der Waals surface area contributed by atoms with Crippen molar-refractivity contribution in [1.82, 2.24) is 9.88 Å². The van der Waals surface area contributed by atoms with Gasteiger partial charge in [0.25, 0.3) is 5.91 Å². The van der Waals surface area contributed by atoms with E-state index in [1.54, 1.807) is 20.1 Å². The summed E-state index contributed by atoms with van der Waals surface area (Å²) in [6.45, 7) is 3.57. The highest BCUT2D eigenvalue weighted by Gasteiger charge is 2.35. The summed E-state index contributed by atoms with van der Waals surface area (Å²) in [5.74, 6) is -0.148. The SMILES string of the molecule is CN1C=C(c2cc(C(C)(C)O)c3cc[nH]c3c2)C2=CC=NC(=O)C21. The molecule has 5 heteroatoms. The minimum absolute atomic E-state index is 0.148. The average molecular weight is 321 g/mol. The zero-order valence-corrected chi connectivity index (χ0v) is 13.9. The largest absolute Gasteiger partial charge is 0.386 e. The van der Waals surface area contributed by atoms with Crippen LogP contribution in [0, 0.1) is 0 Å². The third kappa shape index (κ3) is 2.12. The van der Waals surface area contributed by atoms with Gasteiger partial charge >= 0.3 is 0 Å². The number of allylic oxidation sites excluding steroid dienone is 1. The van der Waals surface area contributed by atoms with Crippen molar-refractivity contribution < 1.29 is 9.90 Å². The number of aromatic amines is 1. The maximum absolute atomic E-state index is 12.1. The number of rotatable bonds is 2. The molecule has 4 rings (SSSR count). The van der Waals surface area contributed by atoms with Crippen LogP contribution in [-0.4, -0.2) is 40.2 Å². The molecular weight excluding hydrogens is 302 g/mol. The second-order valence-corrected chi connectivity index (χ2v) is 6.87. The molecule has 0 aliphatic carbocycles. The monoisotopic (exact) mass is 321 g/mol. The molecule has 5 nitrogen and oxygen atoms in total. The van der Waals surface area contributed by atoms with E-state index < -0.39 is 5.60 Å². The van der Waals surface area contributed by atoms with Crippen molar-refractivity contribution in [2.24, 2.45) is 4.99 Å². The molecule has 0 spiro atoms. The quantitative estimate of drug-likeness (QED) is 0.893. The molecule has 2 aromatic rings. The summed E-state index contributed by atoms with van der Waals surface area (Å²) in [6, 6.07) is 5.69. The van der Waals surface area contributed by atoms with Crippen molar-refractivity contribution in [1.29, 1.82) is 0 Å².